The fraction of sp³-hybridized carbons (Fsp3) is 0.364. The summed E-state index contributed by atoms with van der Waals surface area (Å²) in [6.07, 6.45) is 0.432. The highest BCUT2D eigenvalue weighted by atomic mass is 19.1. The standard InChI is InChI=1S/C11H14F2N2O/c1-3-9(14)11(16)15-10-5-7(12)6(2)4-8(10)13/h4-5,9H,3,14H2,1-2H3,(H,15,16)/t9-/m0/s1. The van der Waals surface area contributed by atoms with Gasteiger partial charge in [0.15, 0.2) is 0 Å². The minimum atomic E-state index is -0.719. The Morgan fingerprint density at radius 3 is 2.62 bits per heavy atom. The van der Waals surface area contributed by atoms with Gasteiger partial charge in [0, 0.05) is 6.07 Å². The van der Waals surface area contributed by atoms with Crippen LogP contribution in [0, 0.1) is 18.6 Å². The molecule has 1 aromatic rings. The number of amides is 1. The van der Waals surface area contributed by atoms with Crippen LogP contribution < -0.4 is 11.1 Å². The summed E-state index contributed by atoms with van der Waals surface area (Å²) >= 11 is 0. The molecule has 1 aromatic carbocycles. The summed E-state index contributed by atoms with van der Waals surface area (Å²) in [4.78, 5) is 11.4. The Hall–Kier alpha value is -1.49. The molecule has 16 heavy (non-hydrogen) atoms. The number of nitrogens with one attached hydrogen (secondary N) is 1. The molecule has 3 nitrogen and oxygen atoms in total. The SMILES string of the molecule is CC[C@H](N)C(=O)Nc1cc(F)c(C)cc1F. The van der Waals surface area contributed by atoms with Crippen molar-refractivity contribution in [2.45, 2.75) is 26.3 Å². The van der Waals surface area contributed by atoms with E-state index in [1.807, 2.05) is 0 Å². The van der Waals surface area contributed by atoms with Crippen LogP contribution in [-0.2, 0) is 4.79 Å². The first kappa shape index (κ1) is 12.6. The van der Waals surface area contributed by atoms with Crippen LogP contribution in [0.2, 0.25) is 0 Å². The summed E-state index contributed by atoms with van der Waals surface area (Å²) in [5, 5.41) is 2.25. The summed E-state index contributed by atoms with van der Waals surface area (Å²) < 4.78 is 26.5. The van der Waals surface area contributed by atoms with Crippen LogP contribution in [0.5, 0.6) is 0 Å². The molecule has 0 bridgehead atoms. The minimum Gasteiger partial charge on any atom is -0.322 e. The smallest absolute Gasteiger partial charge is 0.241 e. The van der Waals surface area contributed by atoms with E-state index in [9.17, 15) is 13.6 Å². The predicted molar refractivity (Wildman–Crippen MR) is 58.0 cm³/mol. The van der Waals surface area contributed by atoms with Crippen molar-refractivity contribution in [3.8, 4) is 0 Å². The maximum Gasteiger partial charge on any atom is 0.241 e. The number of halogens is 2. The third-order valence-corrected chi connectivity index (χ3v) is 2.28. The van der Waals surface area contributed by atoms with E-state index in [0.717, 1.165) is 12.1 Å². The van der Waals surface area contributed by atoms with Gasteiger partial charge in [0.1, 0.15) is 11.6 Å². The molecule has 0 saturated carbocycles. The number of nitrogens with two attached hydrogens (primary N) is 1. The Balaban J connectivity index is 2.90. The first-order valence-corrected chi connectivity index (χ1v) is 4.97. The summed E-state index contributed by atoms with van der Waals surface area (Å²) in [5.41, 5.74) is 5.46. The van der Waals surface area contributed by atoms with E-state index in [1.165, 1.54) is 6.92 Å². The molecule has 0 aliphatic carbocycles. The van der Waals surface area contributed by atoms with Gasteiger partial charge in [-0.1, -0.05) is 6.92 Å². The van der Waals surface area contributed by atoms with Crippen LogP contribution in [0.3, 0.4) is 0 Å². The largest absolute Gasteiger partial charge is 0.322 e. The lowest BCUT2D eigenvalue weighted by Gasteiger charge is -2.11. The molecule has 1 atom stereocenters. The Labute approximate surface area is 92.6 Å². The van der Waals surface area contributed by atoms with E-state index in [0.29, 0.717) is 6.42 Å². The predicted octanol–water partition coefficient (Wildman–Crippen LogP) is 1.95. The van der Waals surface area contributed by atoms with E-state index in [4.69, 9.17) is 5.73 Å². The first-order valence-electron chi connectivity index (χ1n) is 4.97. The summed E-state index contributed by atoms with van der Waals surface area (Å²) in [7, 11) is 0. The van der Waals surface area contributed by atoms with Crippen molar-refractivity contribution in [1.29, 1.82) is 0 Å². The number of aryl methyl sites for hydroxylation is 1. The summed E-state index contributed by atoms with van der Waals surface area (Å²) in [5.74, 6) is -1.76. The van der Waals surface area contributed by atoms with Gasteiger partial charge >= 0.3 is 0 Å². The van der Waals surface area contributed by atoms with Crippen LogP contribution in [0.1, 0.15) is 18.9 Å². The Morgan fingerprint density at radius 1 is 1.44 bits per heavy atom. The van der Waals surface area contributed by atoms with Gasteiger partial charge in [-0.05, 0) is 25.0 Å². The average molecular weight is 228 g/mol. The minimum absolute atomic E-state index is 0.183. The van der Waals surface area contributed by atoms with Gasteiger partial charge in [-0.15, -0.1) is 0 Å². The quantitative estimate of drug-likeness (QED) is 0.830. The first-order chi connectivity index (χ1) is 7.45. The Bertz CT molecular complexity index is 407. The van der Waals surface area contributed by atoms with Crippen LogP contribution in [-0.4, -0.2) is 11.9 Å². The molecule has 0 aliphatic rings. The highest BCUT2D eigenvalue weighted by Crippen LogP contribution is 2.18. The fourth-order valence-corrected chi connectivity index (χ4v) is 1.15. The van der Waals surface area contributed by atoms with Gasteiger partial charge in [0.05, 0.1) is 11.7 Å². The van der Waals surface area contributed by atoms with Crippen molar-refractivity contribution in [2.75, 3.05) is 5.32 Å². The molecule has 1 rings (SSSR count). The molecular formula is C11H14F2N2O. The molecule has 0 radical (unpaired) electrons. The fourth-order valence-electron chi connectivity index (χ4n) is 1.15. The van der Waals surface area contributed by atoms with Crippen molar-refractivity contribution < 1.29 is 13.6 Å². The van der Waals surface area contributed by atoms with E-state index >= 15 is 0 Å². The van der Waals surface area contributed by atoms with Crippen LogP contribution in [0.4, 0.5) is 14.5 Å². The van der Waals surface area contributed by atoms with Gasteiger partial charge in [-0.25, -0.2) is 8.78 Å². The van der Waals surface area contributed by atoms with Crippen molar-refractivity contribution in [3.63, 3.8) is 0 Å². The van der Waals surface area contributed by atoms with Crippen LogP contribution >= 0.6 is 0 Å². The Kier molecular flexibility index (Phi) is 3.95. The molecule has 0 spiro atoms. The number of rotatable bonds is 3. The normalized spacial score (nSPS) is 12.3. The van der Waals surface area contributed by atoms with E-state index < -0.39 is 23.6 Å². The molecule has 0 aliphatic heterocycles. The molecule has 88 valence electrons. The second-order valence-electron chi connectivity index (χ2n) is 3.59. The molecule has 5 heteroatoms. The lowest BCUT2D eigenvalue weighted by atomic mass is 10.2. The number of hydrogen-bond acceptors (Lipinski definition) is 2. The third-order valence-electron chi connectivity index (χ3n) is 2.28. The van der Waals surface area contributed by atoms with Crippen LogP contribution in [0.15, 0.2) is 12.1 Å². The molecule has 0 saturated heterocycles. The molecular weight excluding hydrogens is 214 g/mol. The Morgan fingerprint density at radius 2 is 2.06 bits per heavy atom. The zero-order chi connectivity index (χ0) is 12.3. The maximum absolute atomic E-state index is 13.3. The molecule has 0 unspecified atom stereocenters. The summed E-state index contributed by atoms with van der Waals surface area (Å²) in [6.45, 7) is 3.18. The highest BCUT2D eigenvalue weighted by molar-refractivity contribution is 5.94. The van der Waals surface area contributed by atoms with Gasteiger partial charge < -0.3 is 11.1 Å². The zero-order valence-electron chi connectivity index (χ0n) is 9.18. The van der Waals surface area contributed by atoms with Crippen molar-refractivity contribution in [1.82, 2.24) is 0 Å². The highest BCUT2D eigenvalue weighted by Gasteiger charge is 2.14. The van der Waals surface area contributed by atoms with E-state index in [-0.39, 0.29) is 11.3 Å². The van der Waals surface area contributed by atoms with Crippen molar-refractivity contribution in [3.05, 3.63) is 29.3 Å². The average Bonchev–Trinajstić information content (AvgIpc) is 2.24. The number of anilines is 1. The lowest BCUT2D eigenvalue weighted by Crippen LogP contribution is -2.35. The lowest BCUT2D eigenvalue weighted by molar-refractivity contribution is -0.117. The zero-order valence-corrected chi connectivity index (χ0v) is 9.18. The number of benzene rings is 1. The molecule has 0 fully saturated rings. The second-order valence-corrected chi connectivity index (χ2v) is 3.59. The summed E-state index contributed by atoms with van der Waals surface area (Å²) in [6, 6.07) is 1.26. The number of carbonyl (C=O) groups excluding carboxylic acids is 1. The molecule has 0 heterocycles. The van der Waals surface area contributed by atoms with Crippen molar-refractivity contribution in [2.24, 2.45) is 5.73 Å². The van der Waals surface area contributed by atoms with E-state index in [1.54, 1.807) is 6.92 Å². The number of carbonyl (C=O) groups is 1. The van der Waals surface area contributed by atoms with E-state index in [2.05, 4.69) is 5.32 Å². The third kappa shape index (κ3) is 2.76. The van der Waals surface area contributed by atoms with Gasteiger partial charge in [-0.2, -0.15) is 0 Å². The van der Waals surface area contributed by atoms with Gasteiger partial charge in [-0.3, -0.25) is 4.79 Å². The van der Waals surface area contributed by atoms with Gasteiger partial charge in [0.2, 0.25) is 5.91 Å². The monoisotopic (exact) mass is 228 g/mol. The maximum atomic E-state index is 13.3. The molecule has 0 aromatic heterocycles. The van der Waals surface area contributed by atoms with Crippen LogP contribution in [0.25, 0.3) is 0 Å². The van der Waals surface area contributed by atoms with Gasteiger partial charge in [0.25, 0.3) is 0 Å². The second kappa shape index (κ2) is 5.03. The molecule has 1 amide bonds. The molecule has 3 N–H and O–H groups in total. The van der Waals surface area contributed by atoms with Crippen molar-refractivity contribution >= 4 is 11.6 Å². The number of hydrogen-bond donors (Lipinski definition) is 2. The topological polar surface area (TPSA) is 55.1 Å².